The van der Waals surface area contributed by atoms with Crippen LogP contribution < -0.4 is 4.74 Å². The molecule has 0 spiro atoms. The van der Waals surface area contributed by atoms with Gasteiger partial charge in [0.05, 0.1) is 24.9 Å². The molecular weight excluding hydrogens is 608 g/mol. The quantitative estimate of drug-likeness (QED) is 0.260. The molecule has 9 heteroatoms. The number of rotatable bonds is 9. The fraction of sp³-hybridized carbons (Fsp3) is 0.514. The molecule has 2 N–H and O–H groups in total. The number of thioether (sulfide) groups is 1. The van der Waals surface area contributed by atoms with Gasteiger partial charge in [0.2, 0.25) is 0 Å². The molecular formula is C37H45F2NO5S. The van der Waals surface area contributed by atoms with Crippen LogP contribution in [-0.2, 0) is 15.9 Å². The Balaban J connectivity index is 1.04. The molecule has 3 aromatic carbocycles. The van der Waals surface area contributed by atoms with Gasteiger partial charge < -0.3 is 24.4 Å². The van der Waals surface area contributed by atoms with Gasteiger partial charge in [-0.05, 0) is 90.4 Å². The zero-order chi connectivity index (χ0) is 32.4. The predicted molar refractivity (Wildman–Crippen MR) is 176 cm³/mol. The van der Waals surface area contributed by atoms with Crippen molar-refractivity contribution in [3.8, 4) is 5.75 Å². The average Bonchev–Trinajstić information content (AvgIpc) is 3.52. The number of aliphatic hydroxyl groups excluding tert-OH is 2. The third kappa shape index (κ3) is 7.61. The second-order valence-electron chi connectivity index (χ2n) is 13.2. The van der Waals surface area contributed by atoms with Crippen molar-refractivity contribution in [2.24, 2.45) is 0 Å². The molecule has 3 aliphatic heterocycles. The van der Waals surface area contributed by atoms with Crippen LogP contribution in [0.25, 0.3) is 0 Å². The maximum absolute atomic E-state index is 14.2. The van der Waals surface area contributed by atoms with Crippen LogP contribution in [-0.4, -0.2) is 70.9 Å². The minimum absolute atomic E-state index is 0.0861. The smallest absolute Gasteiger partial charge is 0.132 e. The molecule has 46 heavy (non-hydrogen) atoms. The molecule has 7 atom stereocenters. The van der Waals surface area contributed by atoms with E-state index in [0.717, 1.165) is 49.7 Å². The van der Waals surface area contributed by atoms with E-state index in [1.807, 2.05) is 18.4 Å². The van der Waals surface area contributed by atoms with E-state index in [-0.39, 0.29) is 18.2 Å². The molecule has 0 aliphatic carbocycles. The summed E-state index contributed by atoms with van der Waals surface area (Å²) in [6, 6.07) is 18.6. The molecule has 6 nitrogen and oxygen atoms in total. The number of likely N-dealkylation sites (tertiary alicyclic amines) is 1. The first-order chi connectivity index (χ1) is 22.2. The number of nitrogens with zero attached hydrogens (tertiary/aromatic N) is 1. The van der Waals surface area contributed by atoms with E-state index in [4.69, 9.17) is 14.2 Å². The number of hydrogen-bond donors (Lipinski definition) is 2. The Morgan fingerprint density at radius 2 is 1.78 bits per heavy atom. The van der Waals surface area contributed by atoms with E-state index in [1.54, 1.807) is 0 Å². The average molecular weight is 654 g/mol. The normalized spacial score (nSPS) is 28.9. The number of hydrogen-bond acceptors (Lipinski definition) is 7. The van der Waals surface area contributed by atoms with E-state index in [1.165, 1.54) is 40.6 Å². The first-order valence-electron chi connectivity index (χ1n) is 16.4. The van der Waals surface area contributed by atoms with Crippen molar-refractivity contribution >= 4 is 11.8 Å². The van der Waals surface area contributed by atoms with E-state index >= 15 is 0 Å². The first-order valence-corrected chi connectivity index (χ1v) is 17.7. The Hall–Kier alpha value is -2.53. The Morgan fingerprint density at radius 3 is 2.50 bits per heavy atom. The van der Waals surface area contributed by atoms with Gasteiger partial charge in [-0.1, -0.05) is 44.2 Å². The van der Waals surface area contributed by atoms with Crippen LogP contribution >= 0.6 is 11.8 Å². The molecule has 0 saturated carbocycles. The van der Waals surface area contributed by atoms with Gasteiger partial charge in [-0.3, -0.25) is 4.90 Å². The van der Waals surface area contributed by atoms with Gasteiger partial charge >= 0.3 is 0 Å². The third-order valence-electron chi connectivity index (χ3n) is 9.69. The number of benzene rings is 3. The van der Waals surface area contributed by atoms with Crippen LogP contribution in [0.3, 0.4) is 0 Å². The standard InChI is InChI=1S/C37H45F2NO5S/c1-22(2)30-11-6-24(35-19-33(41)36(42)37(45-35)46-3)17-25(30)16-23-4-9-28(10-5-23)44-29-14-15-40(20-29)27-8-13-34(43-21-27)31-18-26(38)7-12-32(31)39/h4-7,9-12,17-18,22,27,29,33-37,41-42H,8,13-16,19-21H2,1-3H3/t27-,29?,33?,34?,35?,36+,37?/m1/s1. The van der Waals surface area contributed by atoms with Crippen molar-refractivity contribution < 1.29 is 33.2 Å². The van der Waals surface area contributed by atoms with Crippen LogP contribution in [0, 0.1) is 11.6 Å². The second-order valence-corrected chi connectivity index (χ2v) is 14.1. The molecule has 3 saturated heterocycles. The van der Waals surface area contributed by atoms with Crippen LogP contribution in [0.2, 0.25) is 0 Å². The molecule has 248 valence electrons. The Bertz CT molecular complexity index is 1460. The lowest BCUT2D eigenvalue weighted by Gasteiger charge is -2.36. The van der Waals surface area contributed by atoms with E-state index in [2.05, 4.69) is 49.1 Å². The molecule has 0 amide bonds. The number of ether oxygens (including phenoxy) is 3. The molecule has 3 heterocycles. The highest BCUT2D eigenvalue weighted by Gasteiger charge is 2.37. The van der Waals surface area contributed by atoms with Crippen LogP contribution in [0.15, 0.2) is 60.7 Å². The van der Waals surface area contributed by atoms with Crippen LogP contribution in [0.5, 0.6) is 5.75 Å². The summed E-state index contributed by atoms with van der Waals surface area (Å²) >= 11 is 1.42. The number of halogens is 2. The molecule has 0 bridgehead atoms. The SMILES string of the molecule is CSC1OC(c2ccc(C(C)C)c(Cc3ccc(OC4CCN([C@@H]5CCC(c6cc(F)ccc6F)OC5)C4)cc3)c2)CC(O)[C@@H]1O. The summed E-state index contributed by atoms with van der Waals surface area (Å²) in [6.07, 6.45) is 3.19. The maximum atomic E-state index is 14.2. The van der Waals surface area contributed by atoms with Gasteiger partial charge in [0.15, 0.2) is 0 Å². The minimum atomic E-state index is -0.886. The van der Waals surface area contributed by atoms with Crippen molar-refractivity contribution in [2.75, 3.05) is 26.0 Å². The summed E-state index contributed by atoms with van der Waals surface area (Å²) in [7, 11) is 0. The van der Waals surface area contributed by atoms with Gasteiger partial charge in [-0.25, -0.2) is 8.78 Å². The Kier molecular flexibility index (Phi) is 10.7. The first kappa shape index (κ1) is 33.4. The lowest BCUT2D eigenvalue weighted by Crippen LogP contribution is -2.43. The molecule has 0 aromatic heterocycles. The summed E-state index contributed by atoms with van der Waals surface area (Å²) in [5, 5.41) is 20.7. The van der Waals surface area contributed by atoms with Crippen molar-refractivity contribution in [1.82, 2.24) is 4.90 Å². The summed E-state index contributed by atoms with van der Waals surface area (Å²) in [5.41, 5.74) is 4.57. The van der Waals surface area contributed by atoms with Gasteiger partial charge in [0.1, 0.15) is 35.0 Å². The van der Waals surface area contributed by atoms with Crippen molar-refractivity contribution in [3.63, 3.8) is 0 Å². The minimum Gasteiger partial charge on any atom is -0.489 e. The van der Waals surface area contributed by atoms with E-state index < -0.39 is 35.4 Å². The van der Waals surface area contributed by atoms with Crippen LogP contribution in [0.4, 0.5) is 8.78 Å². The molecule has 6 rings (SSSR count). The topological polar surface area (TPSA) is 71.4 Å². The van der Waals surface area contributed by atoms with Gasteiger partial charge in [-0.2, -0.15) is 0 Å². The van der Waals surface area contributed by atoms with Gasteiger partial charge in [0, 0.05) is 31.1 Å². The molecule has 0 radical (unpaired) electrons. The summed E-state index contributed by atoms with van der Waals surface area (Å²) in [4.78, 5) is 2.40. The molecule has 5 unspecified atom stereocenters. The lowest BCUT2D eigenvalue weighted by atomic mass is 9.89. The fourth-order valence-electron chi connectivity index (χ4n) is 7.10. The molecule has 3 fully saturated rings. The molecule has 3 aliphatic rings. The second kappa shape index (κ2) is 14.7. The zero-order valence-electron chi connectivity index (χ0n) is 26.8. The molecule has 3 aromatic rings. The Labute approximate surface area is 275 Å². The predicted octanol–water partition coefficient (Wildman–Crippen LogP) is 6.92. The summed E-state index contributed by atoms with van der Waals surface area (Å²) < 4.78 is 46.5. The van der Waals surface area contributed by atoms with Gasteiger partial charge in [-0.15, -0.1) is 11.8 Å². The highest BCUT2D eigenvalue weighted by Crippen LogP contribution is 2.37. The largest absolute Gasteiger partial charge is 0.489 e. The van der Waals surface area contributed by atoms with Gasteiger partial charge in [0.25, 0.3) is 0 Å². The highest BCUT2D eigenvalue weighted by molar-refractivity contribution is 7.99. The van der Waals surface area contributed by atoms with Crippen molar-refractivity contribution in [1.29, 1.82) is 0 Å². The number of aliphatic hydroxyl groups is 2. The third-order valence-corrected chi connectivity index (χ3v) is 10.5. The zero-order valence-corrected chi connectivity index (χ0v) is 27.6. The lowest BCUT2D eigenvalue weighted by molar-refractivity contribution is -0.137. The van der Waals surface area contributed by atoms with Crippen molar-refractivity contribution in [2.45, 2.75) is 93.9 Å². The van der Waals surface area contributed by atoms with E-state index in [0.29, 0.717) is 30.9 Å². The van der Waals surface area contributed by atoms with Crippen LogP contribution in [0.1, 0.15) is 85.5 Å². The van der Waals surface area contributed by atoms with E-state index in [9.17, 15) is 19.0 Å². The monoisotopic (exact) mass is 653 g/mol. The maximum Gasteiger partial charge on any atom is 0.132 e. The fourth-order valence-corrected chi connectivity index (χ4v) is 7.81. The van der Waals surface area contributed by atoms with Crippen molar-refractivity contribution in [3.05, 3.63) is 100 Å². The summed E-state index contributed by atoms with van der Waals surface area (Å²) in [6.45, 7) is 6.62. The summed E-state index contributed by atoms with van der Waals surface area (Å²) in [5.74, 6) is 0.349. The highest BCUT2D eigenvalue weighted by atomic mass is 32.2. The Morgan fingerprint density at radius 1 is 0.978 bits per heavy atom.